The van der Waals surface area contributed by atoms with Gasteiger partial charge in [-0.15, -0.1) is 11.6 Å². The van der Waals surface area contributed by atoms with Gasteiger partial charge < -0.3 is 0 Å². The standard InChI is InChI=1S/C13H7BrCl2FN3/c14-7-4-9-13(18-6-7)20(11(5-15)19-9)10-3-1-2-8(16)12(10)17/h1-4,6H,5H2. The highest BCUT2D eigenvalue weighted by Gasteiger charge is 2.17. The number of fused-ring (bicyclic) bond motifs is 1. The Hall–Kier alpha value is -1.17. The van der Waals surface area contributed by atoms with Crippen LogP contribution in [-0.4, -0.2) is 14.5 Å². The van der Waals surface area contributed by atoms with Crippen molar-refractivity contribution >= 4 is 50.3 Å². The van der Waals surface area contributed by atoms with Crippen LogP contribution in [0.4, 0.5) is 4.39 Å². The van der Waals surface area contributed by atoms with E-state index in [0.29, 0.717) is 17.0 Å². The van der Waals surface area contributed by atoms with E-state index in [4.69, 9.17) is 23.2 Å². The lowest BCUT2D eigenvalue weighted by Gasteiger charge is -2.09. The summed E-state index contributed by atoms with van der Waals surface area (Å²) < 4.78 is 16.6. The second-order valence-corrected chi connectivity index (χ2v) is 5.66. The molecule has 3 aromatic rings. The molecular weight excluding hydrogens is 368 g/mol. The van der Waals surface area contributed by atoms with Crippen molar-refractivity contribution in [3.63, 3.8) is 0 Å². The number of pyridine rings is 1. The van der Waals surface area contributed by atoms with Gasteiger partial charge in [-0.3, -0.25) is 4.57 Å². The smallest absolute Gasteiger partial charge is 0.165 e. The van der Waals surface area contributed by atoms with E-state index in [2.05, 4.69) is 25.9 Å². The lowest BCUT2D eigenvalue weighted by Crippen LogP contribution is -2.03. The second-order valence-electron chi connectivity index (χ2n) is 4.07. The Morgan fingerprint density at radius 1 is 1.35 bits per heavy atom. The van der Waals surface area contributed by atoms with Crippen LogP contribution < -0.4 is 0 Å². The van der Waals surface area contributed by atoms with Gasteiger partial charge in [0.15, 0.2) is 11.5 Å². The minimum Gasteiger partial charge on any atom is -0.277 e. The first-order valence-corrected chi connectivity index (χ1v) is 7.35. The van der Waals surface area contributed by atoms with Crippen LogP contribution in [0.1, 0.15) is 5.82 Å². The number of alkyl halides is 1. The molecule has 0 saturated heterocycles. The highest BCUT2D eigenvalue weighted by atomic mass is 79.9. The zero-order valence-corrected chi connectivity index (χ0v) is 13.0. The van der Waals surface area contributed by atoms with Gasteiger partial charge >= 0.3 is 0 Å². The quantitative estimate of drug-likeness (QED) is 0.608. The van der Waals surface area contributed by atoms with Crippen LogP contribution in [0.2, 0.25) is 5.02 Å². The summed E-state index contributed by atoms with van der Waals surface area (Å²) in [5.41, 5.74) is 1.45. The van der Waals surface area contributed by atoms with Gasteiger partial charge in [0.2, 0.25) is 0 Å². The summed E-state index contributed by atoms with van der Waals surface area (Å²) in [6.45, 7) is 0. The van der Waals surface area contributed by atoms with Gasteiger partial charge in [0, 0.05) is 10.7 Å². The number of aromatic nitrogens is 3. The summed E-state index contributed by atoms with van der Waals surface area (Å²) in [5.74, 6) is 0.123. The first-order chi connectivity index (χ1) is 9.61. The highest BCUT2D eigenvalue weighted by Crippen LogP contribution is 2.27. The van der Waals surface area contributed by atoms with E-state index in [-0.39, 0.29) is 16.6 Å². The van der Waals surface area contributed by atoms with Crippen molar-refractivity contribution in [1.82, 2.24) is 14.5 Å². The third-order valence-electron chi connectivity index (χ3n) is 2.82. The van der Waals surface area contributed by atoms with Crippen molar-refractivity contribution in [2.45, 2.75) is 5.88 Å². The summed E-state index contributed by atoms with van der Waals surface area (Å²) in [6, 6.07) is 6.58. The molecule has 0 amide bonds. The SMILES string of the molecule is Fc1c(Cl)cccc1-n1c(CCl)nc2cc(Br)cnc21. The largest absolute Gasteiger partial charge is 0.277 e. The monoisotopic (exact) mass is 373 g/mol. The number of benzene rings is 1. The highest BCUT2D eigenvalue weighted by molar-refractivity contribution is 9.10. The molecule has 102 valence electrons. The number of rotatable bonds is 2. The maximum atomic E-state index is 14.2. The van der Waals surface area contributed by atoms with Crippen molar-refractivity contribution in [2.75, 3.05) is 0 Å². The molecule has 0 spiro atoms. The molecule has 0 fully saturated rings. The van der Waals surface area contributed by atoms with E-state index in [0.717, 1.165) is 4.47 Å². The van der Waals surface area contributed by atoms with E-state index >= 15 is 0 Å². The first-order valence-electron chi connectivity index (χ1n) is 5.65. The van der Waals surface area contributed by atoms with E-state index in [1.165, 1.54) is 6.07 Å². The molecular formula is C13H7BrCl2FN3. The molecule has 0 aliphatic carbocycles. The number of imidazole rings is 1. The molecule has 0 aliphatic heterocycles. The minimum atomic E-state index is -0.524. The number of hydrogen-bond acceptors (Lipinski definition) is 2. The lowest BCUT2D eigenvalue weighted by atomic mass is 10.3. The van der Waals surface area contributed by atoms with Crippen molar-refractivity contribution in [3.05, 3.63) is 51.6 Å². The maximum Gasteiger partial charge on any atom is 0.165 e. The Morgan fingerprint density at radius 3 is 2.90 bits per heavy atom. The normalized spacial score (nSPS) is 11.2. The van der Waals surface area contributed by atoms with Crippen LogP contribution in [0.15, 0.2) is 34.9 Å². The van der Waals surface area contributed by atoms with Crippen LogP contribution in [0, 0.1) is 5.82 Å². The minimum absolute atomic E-state index is 0.0435. The molecule has 0 aliphatic rings. The molecule has 0 unspecified atom stereocenters. The fourth-order valence-electron chi connectivity index (χ4n) is 2.00. The third-order valence-corrected chi connectivity index (χ3v) is 3.79. The van der Waals surface area contributed by atoms with Crippen molar-refractivity contribution in [2.24, 2.45) is 0 Å². The van der Waals surface area contributed by atoms with Gasteiger partial charge in [-0.2, -0.15) is 0 Å². The zero-order valence-electron chi connectivity index (χ0n) is 9.95. The van der Waals surface area contributed by atoms with Gasteiger partial charge in [0.1, 0.15) is 11.3 Å². The lowest BCUT2D eigenvalue weighted by molar-refractivity contribution is 0.618. The van der Waals surface area contributed by atoms with Crippen molar-refractivity contribution < 1.29 is 4.39 Å². The van der Waals surface area contributed by atoms with Crippen LogP contribution in [-0.2, 0) is 5.88 Å². The maximum absolute atomic E-state index is 14.2. The average molecular weight is 375 g/mol. The van der Waals surface area contributed by atoms with Gasteiger partial charge in [-0.25, -0.2) is 14.4 Å². The van der Waals surface area contributed by atoms with E-state index in [1.807, 2.05) is 0 Å². The van der Waals surface area contributed by atoms with Gasteiger partial charge in [-0.1, -0.05) is 17.7 Å². The van der Waals surface area contributed by atoms with E-state index < -0.39 is 5.82 Å². The molecule has 2 heterocycles. The van der Waals surface area contributed by atoms with E-state index in [1.54, 1.807) is 29.0 Å². The molecule has 3 nitrogen and oxygen atoms in total. The predicted molar refractivity (Wildman–Crippen MR) is 81.1 cm³/mol. The van der Waals surface area contributed by atoms with Gasteiger partial charge in [0.05, 0.1) is 16.6 Å². The molecule has 20 heavy (non-hydrogen) atoms. The zero-order chi connectivity index (χ0) is 14.3. The molecule has 0 radical (unpaired) electrons. The number of nitrogens with zero attached hydrogens (tertiary/aromatic N) is 3. The topological polar surface area (TPSA) is 30.7 Å². The van der Waals surface area contributed by atoms with Gasteiger partial charge in [0.25, 0.3) is 0 Å². The van der Waals surface area contributed by atoms with Crippen LogP contribution in [0.3, 0.4) is 0 Å². The summed E-state index contributed by atoms with van der Waals surface area (Å²) in [5, 5.41) is 0.0435. The molecule has 2 aromatic heterocycles. The summed E-state index contributed by atoms with van der Waals surface area (Å²) >= 11 is 15.1. The molecule has 0 N–H and O–H groups in total. The summed E-state index contributed by atoms with van der Waals surface area (Å²) in [6.07, 6.45) is 1.63. The number of hydrogen-bond donors (Lipinski definition) is 0. The molecule has 1 aromatic carbocycles. The second kappa shape index (κ2) is 5.31. The Balaban J connectivity index is 2.37. The molecule has 0 atom stereocenters. The Kier molecular flexibility index (Phi) is 3.67. The summed E-state index contributed by atoms with van der Waals surface area (Å²) in [4.78, 5) is 8.65. The van der Waals surface area contributed by atoms with Crippen LogP contribution >= 0.6 is 39.1 Å². The van der Waals surface area contributed by atoms with Gasteiger partial charge in [-0.05, 0) is 34.1 Å². The Bertz CT molecular complexity index is 804. The average Bonchev–Trinajstić information content (AvgIpc) is 2.79. The summed E-state index contributed by atoms with van der Waals surface area (Å²) in [7, 11) is 0. The number of halogens is 4. The molecule has 0 bridgehead atoms. The van der Waals surface area contributed by atoms with E-state index in [9.17, 15) is 4.39 Å². The van der Waals surface area contributed by atoms with Crippen LogP contribution in [0.25, 0.3) is 16.9 Å². The Morgan fingerprint density at radius 2 is 2.15 bits per heavy atom. The first kappa shape index (κ1) is 13.8. The van der Waals surface area contributed by atoms with Crippen LogP contribution in [0.5, 0.6) is 0 Å². The Labute approximate surface area is 132 Å². The molecule has 7 heteroatoms. The predicted octanol–water partition coefficient (Wildman–Crippen LogP) is 4.71. The van der Waals surface area contributed by atoms with Crippen molar-refractivity contribution in [3.8, 4) is 5.69 Å². The molecule has 3 rings (SSSR count). The molecule has 0 saturated carbocycles. The van der Waals surface area contributed by atoms with Crippen molar-refractivity contribution in [1.29, 1.82) is 0 Å². The third kappa shape index (κ3) is 2.20. The fourth-order valence-corrected chi connectivity index (χ4v) is 2.66. The fraction of sp³-hybridized carbons (Fsp3) is 0.0769.